The van der Waals surface area contributed by atoms with Crippen LogP contribution in [0, 0.1) is 23.5 Å². The molecule has 2 aliphatic heterocycles. The van der Waals surface area contributed by atoms with Gasteiger partial charge in [-0.2, -0.15) is 4.31 Å². The summed E-state index contributed by atoms with van der Waals surface area (Å²) in [7, 11) is -6.47. The van der Waals surface area contributed by atoms with Crippen molar-refractivity contribution >= 4 is 31.5 Å². The summed E-state index contributed by atoms with van der Waals surface area (Å²) in [4.78, 5) is -0.0691. The van der Waals surface area contributed by atoms with Crippen molar-refractivity contribution in [3.63, 3.8) is 0 Å². The molecule has 3 aromatic carbocycles. The van der Waals surface area contributed by atoms with Crippen LogP contribution in [0.1, 0.15) is 37.8 Å². The molecule has 3 aromatic rings. The van der Waals surface area contributed by atoms with Gasteiger partial charge in [-0.15, -0.1) is 0 Å². The van der Waals surface area contributed by atoms with Gasteiger partial charge in [0.25, 0.3) is 0 Å². The molecule has 0 N–H and O–H groups in total. The minimum atomic E-state index is -4.34. The van der Waals surface area contributed by atoms with E-state index in [2.05, 4.69) is 0 Å². The first-order valence-corrected chi connectivity index (χ1v) is 16.7. The van der Waals surface area contributed by atoms with Crippen LogP contribution in [0.5, 0.6) is 11.5 Å². The first kappa shape index (κ1) is 30.7. The Hall–Kier alpha value is -2.73. The SMILES string of the molecule is C.COc1ccc(CN2[C@@H]3CC[C@@]4(S(=O)(=O)c5ccc(Cl)cc5)c5c(F)ccc(F)c5OC[C@H]4[C@@H]3CCS2(=O)=O)cc1. The van der Waals surface area contributed by atoms with Crippen molar-refractivity contribution in [1.82, 2.24) is 4.31 Å². The minimum absolute atomic E-state index is 0. The number of ether oxygens (including phenoxy) is 2. The molecule has 7 nitrogen and oxygen atoms in total. The highest BCUT2D eigenvalue weighted by Crippen LogP contribution is 2.60. The molecule has 2 heterocycles. The van der Waals surface area contributed by atoms with Gasteiger partial charge in [0.05, 0.1) is 29.9 Å². The van der Waals surface area contributed by atoms with Crippen LogP contribution in [0.2, 0.25) is 5.02 Å². The number of halogens is 3. The van der Waals surface area contributed by atoms with E-state index in [-0.39, 0.29) is 56.1 Å². The summed E-state index contributed by atoms with van der Waals surface area (Å²) >= 11 is 6.03. The number of sulfonamides is 1. The summed E-state index contributed by atoms with van der Waals surface area (Å²) in [5.74, 6) is -3.01. The average Bonchev–Trinajstić information content (AvgIpc) is 2.96. The average molecular weight is 640 g/mol. The zero-order valence-electron chi connectivity index (χ0n) is 22.1. The molecular weight excluding hydrogens is 608 g/mol. The van der Waals surface area contributed by atoms with Gasteiger partial charge in [0, 0.05) is 23.5 Å². The predicted octanol–water partition coefficient (Wildman–Crippen LogP) is 5.96. The van der Waals surface area contributed by atoms with Crippen molar-refractivity contribution in [3.05, 3.63) is 88.4 Å². The third-order valence-corrected chi connectivity index (χ3v) is 13.5. The largest absolute Gasteiger partial charge is 0.497 e. The van der Waals surface area contributed by atoms with Crippen molar-refractivity contribution in [3.8, 4) is 11.5 Å². The van der Waals surface area contributed by atoms with Gasteiger partial charge in [-0.25, -0.2) is 25.6 Å². The van der Waals surface area contributed by atoms with Gasteiger partial charge in [-0.05, 0) is 79.3 Å². The lowest BCUT2D eigenvalue weighted by Crippen LogP contribution is -2.63. The topological polar surface area (TPSA) is 90.0 Å². The summed E-state index contributed by atoms with van der Waals surface area (Å²) in [6, 6.07) is 14.0. The fourth-order valence-corrected chi connectivity index (χ4v) is 11.3. The maximum Gasteiger partial charge on any atom is 0.214 e. The monoisotopic (exact) mass is 639 g/mol. The number of rotatable bonds is 5. The summed E-state index contributed by atoms with van der Waals surface area (Å²) in [6.07, 6.45) is 0.193. The Morgan fingerprint density at radius 1 is 1.02 bits per heavy atom. The Labute approximate surface area is 250 Å². The first-order valence-electron chi connectivity index (χ1n) is 13.2. The van der Waals surface area contributed by atoms with Gasteiger partial charge < -0.3 is 9.47 Å². The van der Waals surface area contributed by atoms with Crippen LogP contribution >= 0.6 is 11.6 Å². The lowest BCUT2D eigenvalue weighted by molar-refractivity contribution is 0.0201. The van der Waals surface area contributed by atoms with Crippen LogP contribution in [-0.4, -0.2) is 46.7 Å². The minimum Gasteiger partial charge on any atom is -0.497 e. The fourth-order valence-electron chi connectivity index (χ4n) is 6.96. The Morgan fingerprint density at radius 3 is 2.36 bits per heavy atom. The standard InChI is InChI=1S/C29H28ClF2NO6S2.CH4/c1-38-20-6-2-18(3-7-20)16-33-26-12-14-29(41(36,37)21-8-4-19(30)5-9-21)23(22(26)13-15-40(33,34)35)17-39-28-25(32)11-10-24(31)27(28)29;/h2-11,22-23,26H,12-17H2,1H3;1H4/t22-,23-,26+,29-;/m0./s1. The van der Waals surface area contributed by atoms with Crippen LogP contribution in [0.3, 0.4) is 0 Å². The van der Waals surface area contributed by atoms with Gasteiger partial charge in [-0.3, -0.25) is 0 Å². The Kier molecular flexibility index (Phi) is 8.10. The second kappa shape index (κ2) is 11.1. The molecular formula is C30H32ClF2NO6S2. The molecule has 12 heteroatoms. The van der Waals surface area contributed by atoms with Crippen LogP contribution in [0.15, 0.2) is 65.6 Å². The zero-order chi connectivity index (χ0) is 29.2. The lowest BCUT2D eigenvalue weighted by atomic mass is 9.64. The normalized spacial score (nSPS) is 26.5. The van der Waals surface area contributed by atoms with Crippen LogP contribution < -0.4 is 9.47 Å². The molecule has 0 amide bonds. The van der Waals surface area contributed by atoms with E-state index >= 15 is 8.78 Å². The lowest BCUT2D eigenvalue weighted by Gasteiger charge is -2.56. The molecule has 42 heavy (non-hydrogen) atoms. The first-order chi connectivity index (χ1) is 19.5. The molecule has 6 rings (SSSR count). The van der Waals surface area contributed by atoms with Crippen LogP contribution in [0.4, 0.5) is 8.78 Å². The number of methoxy groups -OCH3 is 1. The molecule has 2 fully saturated rings. The fraction of sp³-hybridized carbons (Fsp3) is 0.400. The van der Waals surface area contributed by atoms with Crippen molar-refractivity contribution in [1.29, 1.82) is 0 Å². The summed E-state index contributed by atoms with van der Waals surface area (Å²) in [6.45, 7) is -0.102. The van der Waals surface area contributed by atoms with Crippen LogP contribution in [-0.2, 0) is 31.2 Å². The smallest absolute Gasteiger partial charge is 0.214 e. The zero-order valence-corrected chi connectivity index (χ0v) is 24.5. The molecule has 1 saturated heterocycles. The second-order valence-electron chi connectivity index (χ2n) is 10.8. The molecule has 3 aliphatic rings. The van der Waals surface area contributed by atoms with Crippen molar-refractivity contribution in [2.45, 2.75) is 48.9 Å². The maximum atomic E-state index is 15.7. The highest BCUT2D eigenvalue weighted by atomic mass is 35.5. The number of benzene rings is 3. The van der Waals surface area contributed by atoms with E-state index in [1.54, 1.807) is 31.4 Å². The van der Waals surface area contributed by atoms with E-state index < -0.39 is 59.9 Å². The Balaban J connectivity index is 0.00000353. The summed E-state index contributed by atoms with van der Waals surface area (Å²) in [5.41, 5.74) is 0.427. The summed E-state index contributed by atoms with van der Waals surface area (Å²) < 4.78 is 97.2. The molecule has 1 saturated carbocycles. The molecule has 0 radical (unpaired) electrons. The third-order valence-electron chi connectivity index (χ3n) is 8.85. The van der Waals surface area contributed by atoms with E-state index in [4.69, 9.17) is 21.1 Å². The summed E-state index contributed by atoms with van der Waals surface area (Å²) in [5, 5.41) is 0.331. The second-order valence-corrected chi connectivity index (χ2v) is 15.4. The molecule has 0 aromatic heterocycles. The van der Waals surface area contributed by atoms with Crippen molar-refractivity contribution < 1.29 is 35.1 Å². The molecule has 0 bridgehead atoms. The van der Waals surface area contributed by atoms with E-state index in [9.17, 15) is 16.8 Å². The Morgan fingerprint density at radius 2 is 1.69 bits per heavy atom. The highest BCUT2D eigenvalue weighted by Gasteiger charge is 2.64. The van der Waals surface area contributed by atoms with E-state index in [0.717, 1.165) is 17.7 Å². The molecule has 1 aliphatic carbocycles. The number of nitrogens with zero attached hydrogens (tertiary/aromatic N) is 1. The third kappa shape index (κ3) is 4.69. The van der Waals surface area contributed by atoms with Crippen molar-refractivity contribution in [2.24, 2.45) is 11.8 Å². The maximum absolute atomic E-state index is 15.7. The highest BCUT2D eigenvalue weighted by molar-refractivity contribution is 7.92. The van der Waals surface area contributed by atoms with Gasteiger partial charge in [0.2, 0.25) is 10.0 Å². The Bertz CT molecular complexity index is 1700. The van der Waals surface area contributed by atoms with E-state index in [0.29, 0.717) is 10.8 Å². The number of hydrogen-bond acceptors (Lipinski definition) is 6. The van der Waals surface area contributed by atoms with Crippen LogP contribution in [0.25, 0.3) is 0 Å². The molecule has 0 spiro atoms. The number of fused-ring (bicyclic) bond motifs is 5. The number of sulfone groups is 1. The molecule has 4 atom stereocenters. The quantitative estimate of drug-likeness (QED) is 0.343. The van der Waals surface area contributed by atoms with Gasteiger partial charge in [0.1, 0.15) is 16.3 Å². The van der Waals surface area contributed by atoms with E-state index in [1.165, 1.54) is 28.6 Å². The van der Waals surface area contributed by atoms with Gasteiger partial charge in [-0.1, -0.05) is 31.2 Å². The predicted molar refractivity (Wildman–Crippen MR) is 156 cm³/mol. The molecule has 226 valence electrons. The van der Waals surface area contributed by atoms with Crippen molar-refractivity contribution in [2.75, 3.05) is 19.5 Å². The number of hydrogen-bond donors (Lipinski definition) is 0. The van der Waals surface area contributed by atoms with Gasteiger partial charge in [0.15, 0.2) is 21.4 Å². The van der Waals surface area contributed by atoms with E-state index in [1.807, 2.05) is 0 Å². The van der Waals surface area contributed by atoms with Gasteiger partial charge >= 0.3 is 0 Å². The molecule has 0 unspecified atom stereocenters.